The van der Waals surface area contributed by atoms with Gasteiger partial charge in [-0.05, 0) is 48.3 Å². The van der Waals surface area contributed by atoms with Gasteiger partial charge in [0, 0.05) is 12.6 Å². The van der Waals surface area contributed by atoms with Gasteiger partial charge in [0.2, 0.25) is 0 Å². The molecule has 0 saturated carbocycles. The monoisotopic (exact) mass is 201 g/mol. The zero-order valence-corrected chi connectivity index (χ0v) is 9.42. The second-order valence-electron chi connectivity index (χ2n) is 5.10. The molecule has 0 spiro atoms. The summed E-state index contributed by atoms with van der Waals surface area (Å²) in [4.78, 5) is 0. The maximum atomic E-state index is 3.52. The third-order valence-electron chi connectivity index (χ3n) is 3.96. The Morgan fingerprint density at radius 3 is 2.60 bits per heavy atom. The predicted octanol–water partition coefficient (Wildman–Crippen LogP) is 2.85. The van der Waals surface area contributed by atoms with Gasteiger partial charge in [-0.15, -0.1) is 0 Å². The Balaban J connectivity index is 1.90. The Morgan fingerprint density at radius 2 is 1.93 bits per heavy atom. The number of hydrogen-bond acceptors (Lipinski definition) is 1. The lowest BCUT2D eigenvalue weighted by Crippen LogP contribution is -2.43. The second kappa shape index (κ2) is 3.64. The molecule has 1 heterocycles. The van der Waals surface area contributed by atoms with Gasteiger partial charge in [-0.1, -0.05) is 25.1 Å². The van der Waals surface area contributed by atoms with E-state index in [9.17, 15) is 0 Å². The minimum absolute atomic E-state index is 0.622. The molecule has 1 saturated heterocycles. The first-order valence-corrected chi connectivity index (χ1v) is 6.19. The van der Waals surface area contributed by atoms with E-state index in [2.05, 4.69) is 30.4 Å². The fourth-order valence-electron chi connectivity index (χ4n) is 2.86. The minimum Gasteiger partial charge on any atom is -0.309 e. The third-order valence-corrected chi connectivity index (χ3v) is 3.96. The first kappa shape index (κ1) is 9.41. The van der Waals surface area contributed by atoms with Crippen LogP contribution >= 0.6 is 0 Å². The number of benzene rings is 1. The van der Waals surface area contributed by atoms with Crippen LogP contribution in [0.3, 0.4) is 0 Å². The van der Waals surface area contributed by atoms with Crippen LogP contribution in [0.1, 0.15) is 42.5 Å². The van der Waals surface area contributed by atoms with Crippen molar-refractivity contribution in [3.63, 3.8) is 0 Å². The molecular formula is C14H19N. The summed E-state index contributed by atoms with van der Waals surface area (Å²) in [6.07, 6.45) is 5.35. The van der Waals surface area contributed by atoms with Crippen LogP contribution in [-0.2, 0) is 12.8 Å². The first-order valence-electron chi connectivity index (χ1n) is 6.19. The van der Waals surface area contributed by atoms with E-state index in [4.69, 9.17) is 0 Å². The van der Waals surface area contributed by atoms with Crippen molar-refractivity contribution in [2.45, 2.75) is 38.6 Å². The third kappa shape index (κ3) is 1.59. The lowest BCUT2D eigenvalue weighted by Gasteiger charge is -2.36. The van der Waals surface area contributed by atoms with Crippen LogP contribution in [-0.4, -0.2) is 6.54 Å². The van der Waals surface area contributed by atoms with Crippen molar-refractivity contribution in [3.05, 3.63) is 34.9 Å². The molecule has 15 heavy (non-hydrogen) atoms. The highest BCUT2D eigenvalue weighted by Crippen LogP contribution is 2.31. The maximum Gasteiger partial charge on any atom is 0.0358 e. The van der Waals surface area contributed by atoms with Crippen LogP contribution in [0.2, 0.25) is 0 Å². The summed E-state index contributed by atoms with van der Waals surface area (Å²) in [5.74, 6) is 0.812. The first-order chi connectivity index (χ1) is 7.34. The van der Waals surface area contributed by atoms with Gasteiger partial charge in [0.05, 0.1) is 0 Å². The highest BCUT2D eigenvalue weighted by Gasteiger charge is 2.27. The maximum absolute atomic E-state index is 3.52. The average molecular weight is 201 g/mol. The molecule has 1 N–H and O–H groups in total. The zero-order chi connectivity index (χ0) is 10.3. The molecule has 80 valence electrons. The van der Waals surface area contributed by atoms with Crippen LogP contribution in [0, 0.1) is 5.92 Å². The molecule has 3 rings (SSSR count). The molecule has 0 aromatic heterocycles. The molecule has 1 nitrogen and oxygen atoms in total. The summed E-state index contributed by atoms with van der Waals surface area (Å²) in [6, 6.07) is 7.76. The van der Waals surface area contributed by atoms with Gasteiger partial charge in [0.25, 0.3) is 0 Å². The summed E-state index contributed by atoms with van der Waals surface area (Å²) in [5.41, 5.74) is 4.71. The van der Waals surface area contributed by atoms with Gasteiger partial charge >= 0.3 is 0 Å². The van der Waals surface area contributed by atoms with E-state index in [0.29, 0.717) is 6.04 Å². The summed E-state index contributed by atoms with van der Waals surface area (Å²) in [6.45, 7) is 3.52. The summed E-state index contributed by atoms with van der Waals surface area (Å²) >= 11 is 0. The molecular weight excluding hydrogens is 182 g/mol. The van der Waals surface area contributed by atoms with Crippen molar-refractivity contribution >= 4 is 0 Å². The second-order valence-corrected chi connectivity index (χ2v) is 5.10. The number of rotatable bonds is 1. The topological polar surface area (TPSA) is 12.0 Å². The number of aryl methyl sites for hydroxylation is 2. The van der Waals surface area contributed by atoms with Gasteiger partial charge in [-0.2, -0.15) is 0 Å². The molecule has 1 aliphatic carbocycles. The number of hydrogen-bond donors (Lipinski definition) is 1. The van der Waals surface area contributed by atoms with Crippen molar-refractivity contribution in [2.24, 2.45) is 5.92 Å². The molecule has 1 aromatic carbocycles. The molecule has 0 bridgehead atoms. The Bertz CT molecular complexity index is 370. The lowest BCUT2D eigenvalue weighted by molar-refractivity contribution is 0.258. The van der Waals surface area contributed by atoms with Crippen LogP contribution in [0.15, 0.2) is 18.2 Å². The highest BCUT2D eigenvalue weighted by molar-refractivity contribution is 5.36. The van der Waals surface area contributed by atoms with Crippen LogP contribution < -0.4 is 5.32 Å². The highest BCUT2D eigenvalue weighted by atomic mass is 15.0. The lowest BCUT2D eigenvalue weighted by atomic mass is 9.83. The quantitative estimate of drug-likeness (QED) is 0.736. The molecule has 0 radical (unpaired) electrons. The van der Waals surface area contributed by atoms with E-state index in [1.54, 1.807) is 11.1 Å². The zero-order valence-electron chi connectivity index (χ0n) is 9.42. The summed E-state index contributed by atoms with van der Waals surface area (Å²) in [7, 11) is 0. The van der Waals surface area contributed by atoms with Crippen molar-refractivity contribution < 1.29 is 0 Å². The molecule has 1 heteroatoms. The van der Waals surface area contributed by atoms with Gasteiger partial charge in [0.15, 0.2) is 0 Å². The smallest absolute Gasteiger partial charge is 0.0358 e. The van der Waals surface area contributed by atoms with Gasteiger partial charge in [0.1, 0.15) is 0 Å². The van der Waals surface area contributed by atoms with Gasteiger partial charge < -0.3 is 5.32 Å². The molecule has 1 fully saturated rings. The van der Waals surface area contributed by atoms with Crippen molar-refractivity contribution in [1.29, 1.82) is 0 Å². The van der Waals surface area contributed by atoms with Crippen LogP contribution in [0.5, 0.6) is 0 Å². The fraction of sp³-hybridized carbons (Fsp3) is 0.571. The number of fused-ring (bicyclic) bond motifs is 1. The van der Waals surface area contributed by atoms with E-state index >= 15 is 0 Å². The normalized spacial score (nSPS) is 29.4. The SMILES string of the molecule is CC1CNC1c1ccc2c(c1)CCCC2. The summed E-state index contributed by atoms with van der Waals surface area (Å²) < 4.78 is 0. The molecule has 0 amide bonds. The van der Waals surface area contributed by atoms with Crippen LogP contribution in [0.4, 0.5) is 0 Å². The van der Waals surface area contributed by atoms with Crippen LogP contribution in [0.25, 0.3) is 0 Å². The standard InChI is InChI=1S/C14H19N/c1-10-9-15-14(10)13-7-6-11-4-2-3-5-12(11)8-13/h6-8,10,14-15H,2-5,9H2,1H3. The van der Waals surface area contributed by atoms with E-state index in [1.165, 1.54) is 37.8 Å². The fourth-order valence-corrected chi connectivity index (χ4v) is 2.86. The Labute approximate surface area is 91.9 Å². The predicted molar refractivity (Wildman–Crippen MR) is 63.0 cm³/mol. The van der Waals surface area contributed by atoms with Gasteiger partial charge in [-0.3, -0.25) is 0 Å². The van der Waals surface area contributed by atoms with E-state index in [-0.39, 0.29) is 0 Å². The summed E-state index contributed by atoms with van der Waals surface area (Å²) in [5, 5.41) is 3.52. The van der Waals surface area contributed by atoms with Crippen molar-refractivity contribution in [2.75, 3.05) is 6.54 Å². The minimum atomic E-state index is 0.622. The van der Waals surface area contributed by atoms with E-state index < -0.39 is 0 Å². The number of nitrogens with one attached hydrogen (secondary N) is 1. The van der Waals surface area contributed by atoms with Crippen molar-refractivity contribution in [3.8, 4) is 0 Å². The Hall–Kier alpha value is -0.820. The molecule has 2 atom stereocenters. The molecule has 2 unspecified atom stereocenters. The molecule has 1 aromatic rings. The Morgan fingerprint density at radius 1 is 1.13 bits per heavy atom. The average Bonchev–Trinajstić information content (AvgIpc) is 2.27. The van der Waals surface area contributed by atoms with E-state index in [1.807, 2.05) is 0 Å². The Kier molecular flexibility index (Phi) is 2.28. The largest absolute Gasteiger partial charge is 0.309 e. The van der Waals surface area contributed by atoms with Crippen molar-refractivity contribution in [1.82, 2.24) is 5.32 Å². The molecule has 1 aliphatic heterocycles. The van der Waals surface area contributed by atoms with E-state index in [0.717, 1.165) is 5.92 Å². The van der Waals surface area contributed by atoms with Gasteiger partial charge in [-0.25, -0.2) is 0 Å². The molecule has 2 aliphatic rings.